The number of fused-ring (bicyclic) bond motifs is 2. The number of carbonyl (C=O) groups excluding carboxylic acids is 4. The zero-order valence-corrected chi connectivity index (χ0v) is 18.2. The van der Waals surface area contributed by atoms with E-state index in [9.17, 15) is 19.2 Å². The molecule has 0 bridgehead atoms. The van der Waals surface area contributed by atoms with Gasteiger partial charge in [0, 0.05) is 34.1 Å². The lowest BCUT2D eigenvalue weighted by molar-refractivity contribution is -0.119. The molecule has 1 N–H and O–H groups in total. The maximum atomic E-state index is 12.8. The molecule has 4 rings (SSSR count). The predicted molar refractivity (Wildman–Crippen MR) is 118 cm³/mol. The number of esters is 1. The number of nitrogens with zero attached hydrogens (tertiary/aromatic N) is 1. The van der Waals surface area contributed by atoms with E-state index in [0.29, 0.717) is 11.1 Å². The molecule has 1 aliphatic rings. The molecule has 10 heteroatoms. The first-order chi connectivity index (χ1) is 15.3. The third kappa shape index (κ3) is 3.98. The molecule has 32 heavy (non-hydrogen) atoms. The van der Waals surface area contributed by atoms with Gasteiger partial charge in [0.15, 0.2) is 23.9 Å². The van der Waals surface area contributed by atoms with E-state index in [0.717, 1.165) is 6.20 Å². The second-order valence-electron chi connectivity index (χ2n) is 6.67. The van der Waals surface area contributed by atoms with E-state index < -0.39 is 18.5 Å². The number of hydrogen-bond donors (Lipinski definition) is 1. The largest absolute Gasteiger partial charge is 0.451 e. The monoisotopic (exact) mass is 488 g/mol. The van der Waals surface area contributed by atoms with Gasteiger partial charge >= 0.3 is 5.97 Å². The van der Waals surface area contributed by atoms with Gasteiger partial charge < -0.3 is 10.1 Å². The number of carbonyl (C=O) groups is 4. The molecule has 1 amide bonds. The normalized spacial score (nSPS) is 12.1. The Balaban J connectivity index is 1.46. The summed E-state index contributed by atoms with van der Waals surface area (Å²) in [6.45, 7) is -0.649. The minimum Gasteiger partial charge on any atom is -0.451 e. The summed E-state index contributed by atoms with van der Waals surface area (Å²) >= 11 is 17.6. The van der Waals surface area contributed by atoms with Crippen molar-refractivity contribution in [1.29, 1.82) is 0 Å². The first kappa shape index (κ1) is 22.0. The number of halogens is 3. The quantitative estimate of drug-likeness (QED) is 0.420. The molecule has 1 aliphatic carbocycles. The van der Waals surface area contributed by atoms with Crippen molar-refractivity contribution in [2.75, 3.05) is 11.9 Å². The smallest absolute Gasteiger partial charge is 0.359 e. The molecule has 0 saturated carbocycles. The van der Waals surface area contributed by atoms with Crippen molar-refractivity contribution in [2.45, 2.75) is 0 Å². The summed E-state index contributed by atoms with van der Waals surface area (Å²) < 4.78 is 4.91. The highest BCUT2D eigenvalue weighted by Gasteiger charge is 2.29. The highest BCUT2D eigenvalue weighted by molar-refractivity contribution is 6.48. The number of rotatable bonds is 4. The van der Waals surface area contributed by atoms with Gasteiger partial charge in [-0.05, 0) is 18.2 Å². The summed E-state index contributed by atoms with van der Waals surface area (Å²) in [5.41, 5.74) is 1.03. The number of ketones is 2. The van der Waals surface area contributed by atoms with Gasteiger partial charge in [0.05, 0.1) is 15.1 Å². The van der Waals surface area contributed by atoms with Crippen molar-refractivity contribution >= 4 is 63.9 Å². The van der Waals surface area contributed by atoms with E-state index >= 15 is 0 Å². The second kappa shape index (κ2) is 8.70. The number of pyridine rings is 1. The van der Waals surface area contributed by atoms with Gasteiger partial charge in [0.2, 0.25) is 0 Å². The Labute approximate surface area is 196 Å². The number of benzene rings is 2. The zero-order valence-electron chi connectivity index (χ0n) is 15.9. The summed E-state index contributed by atoms with van der Waals surface area (Å²) in [7, 11) is 0. The highest BCUT2D eigenvalue weighted by Crippen LogP contribution is 2.31. The average molecular weight is 490 g/mol. The molecule has 0 aliphatic heterocycles. The summed E-state index contributed by atoms with van der Waals surface area (Å²) in [6.07, 6.45) is 1.13. The minimum absolute atomic E-state index is 0.0606. The standard InChI is InChI=1S/C22H11Cl3N2O5/c23-15-8-26-19(18(25)17(15)24)22(31)32-9-16(28)27-10-5-6-13-14(7-10)21(30)12-4-2-1-3-11(12)20(13)29/h1-8H,9H2,(H,27,28). The van der Waals surface area contributed by atoms with Gasteiger partial charge in [0.1, 0.15) is 0 Å². The zero-order chi connectivity index (χ0) is 23.0. The molecule has 2 aromatic carbocycles. The van der Waals surface area contributed by atoms with Crippen LogP contribution >= 0.6 is 34.8 Å². The van der Waals surface area contributed by atoms with Crippen LogP contribution in [0.1, 0.15) is 42.3 Å². The third-order valence-corrected chi connectivity index (χ3v) is 5.89. The highest BCUT2D eigenvalue weighted by atomic mass is 35.5. The van der Waals surface area contributed by atoms with Crippen molar-refractivity contribution < 1.29 is 23.9 Å². The van der Waals surface area contributed by atoms with Crippen molar-refractivity contribution in [3.05, 3.63) is 91.7 Å². The Morgan fingerprint density at radius 2 is 1.50 bits per heavy atom. The average Bonchev–Trinajstić information content (AvgIpc) is 2.79. The Morgan fingerprint density at radius 3 is 2.19 bits per heavy atom. The summed E-state index contributed by atoms with van der Waals surface area (Å²) in [6, 6.07) is 10.9. The van der Waals surface area contributed by atoms with Crippen LogP contribution < -0.4 is 5.32 Å². The van der Waals surface area contributed by atoms with Crippen LogP contribution in [0, 0.1) is 0 Å². The minimum atomic E-state index is -0.966. The van der Waals surface area contributed by atoms with Gasteiger partial charge in [-0.15, -0.1) is 0 Å². The van der Waals surface area contributed by atoms with Crippen LogP contribution in [-0.4, -0.2) is 35.0 Å². The number of anilines is 1. The fourth-order valence-electron chi connectivity index (χ4n) is 3.16. The molecule has 7 nitrogen and oxygen atoms in total. The van der Waals surface area contributed by atoms with E-state index in [1.807, 2.05) is 0 Å². The van der Waals surface area contributed by atoms with E-state index in [2.05, 4.69) is 10.3 Å². The number of ether oxygens (including phenoxy) is 1. The summed E-state index contributed by atoms with van der Waals surface area (Å²) in [5.74, 6) is -2.23. The van der Waals surface area contributed by atoms with E-state index in [4.69, 9.17) is 39.5 Å². The van der Waals surface area contributed by atoms with Gasteiger partial charge in [-0.1, -0.05) is 59.1 Å². The molecule has 0 radical (unpaired) electrons. The van der Waals surface area contributed by atoms with Crippen molar-refractivity contribution in [1.82, 2.24) is 4.98 Å². The molecule has 0 saturated heterocycles. The molecule has 0 fully saturated rings. The molecule has 0 atom stereocenters. The van der Waals surface area contributed by atoms with Gasteiger partial charge in [-0.2, -0.15) is 0 Å². The maximum absolute atomic E-state index is 12.8. The van der Waals surface area contributed by atoms with Crippen LogP contribution in [0.5, 0.6) is 0 Å². The fourth-order valence-corrected chi connectivity index (χ4v) is 3.72. The lowest BCUT2D eigenvalue weighted by Gasteiger charge is -2.18. The molecule has 0 unspecified atom stereocenters. The van der Waals surface area contributed by atoms with Crippen molar-refractivity contribution in [2.24, 2.45) is 0 Å². The Bertz CT molecular complexity index is 1320. The van der Waals surface area contributed by atoms with Gasteiger partial charge in [-0.25, -0.2) is 9.78 Å². The van der Waals surface area contributed by atoms with E-state index in [-0.39, 0.29) is 49.1 Å². The first-order valence-electron chi connectivity index (χ1n) is 9.07. The predicted octanol–water partition coefficient (Wildman–Crippen LogP) is 4.61. The Hall–Kier alpha value is -3.26. The third-order valence-electron chi connectivity index (χ3n) is 4.65. The van der Waals surface area contributed by atoms with Gasteiger partial charge in [0.25, 0.3) is 5.91 Å². The van der Waals surface area contributed by atoms with Gasteiger partial charge in [-0.3, -0.25) is 14.4 Å². The van der Waals surface area contributed by atoms with Crippen molar-refractivity contribution in [3.8, 4) is 0 Å². The fraction of sp³-hybridized carbons (Fsp3) is 0.0455. The first-order valence-corrected chi connectivity index (χ1v) is 10.2. The lowest BCUT2D eigenvalue weighted by atomic mass is 9.84. The van der Waals surface area contributed by atoms with E-state index in [1.165, 1.54) is 18.2 Å². The SMILES string of the molecule is O=C(COC(=O)c1ncc(Cl)c(Cl)c1Cl)Nc1ccc2c(c1)C(=O)c1ccccc1C2=O. The summed E-state index contributed by atoms with van der Waals surface area (Å²) in [4.78, 5) is 53.5. The van der Waals surface area contributed by atoms with Crippen LogP contribution in [-0.2, 0) is 9.53 Å². The molecular weight excluding hydrogens is 479 g/mol. The summed E-state index contributed by atoms with van der Waals surface area (Å²) in [5, 5.41) is 2.32. The number of aromatic nitrogens is 1. The molecule has 3 aromatic rings. The molecule has 160 valence electrons. The molecule has 1 heterocycles. The number of nitrogens with one attached hydrogen (secondary N) is 1. The Kier molecular flexibility index (Phi) is 5.97. The topological polar surface area (TPSA) is 102 Å². The maximum Gasteiger partial charge on any atom is 0.359 e. The van der Waals surface area contributed by atoms with Crippen LogP contribution in [0.4, 0.5) is 5.69 Å². The van der Waals surface area contributed by atoms with Crippen LogP contribution in [0.25, 0.3) is 0 Å². The van der Waals surface area contributed by atoms with Crippen molar-refractivity contribution in [3.63, 3.8) is 0 Å². The van der Waals surface area contributed by atoms with Crippen LogP contribution in [0.2, 0.25) is 15.1 Å². The molecular formula is C22H11Cl3N2O5. The second-order valence-corrected chi connectivity index (χ2v) is 7.83. The Morgan fingerprint density at radius 1 is 0.875 bits per heavy atom. The van der Waals surface area contributed by atoms with Crippen LogP contribution in [0.3, 0.4) is 0 Å². The van der Waals surface area contributed by atoms with Crippen LogP contribution in [0.15, 0.2) is 48.7 Å². The number of amides is 1. The van der Waals surface area contributed by atoms with E-state index in [1.54, 1.807) is 24.3 Å². The lowest BCUT2D eigenvalue weighted by Crippen LogP contribution is -2.23. The number of hydrogen-bond acceptors (Lipinski definition) is 6. The molecule has 1 aromatic heterocycles. The molecule has 0 spiro atoms.